The van der Waals surface area contributed by atoms with Crippen LogP contribution in [0, 0.1) is 6.92 Å². The Morgan fingerprint density at radius 1 is 1.12 bits per heavy atom. The van der Waals surface area contributed by atoms with Gasteiger partial charge in [-0.05, 0) is 54.4 Å². The first kappa shape index (κ1) is 20.3. The van der Waals surface area contributed by atoms with Crippen LogP contribution in [0.2, 0.25) is 0 Å². The molecule has 0 aliphatic carbocycles. The minimum Gasteiger partial charge on any atom is -0.369 e. The fourth-order valence-corrected chi connectivity index (χ4v) is 4.41. The zero-order valence-corrected chi connectivity index (χ0v) is 18.3. The Labute approximate surface area is 185 Å². The molecule has 5 rings (SSSR count). The Bertz CT molecular complexity index is 1350. The van der Waals surface area contributed by atoms with Crippen LogP contribution < -0.4 is 15.9 Å². The van der Waals surface area contributed by atoms with Crippen molar-refractivity contribution in [2.45, 2.75) is 13.5 Å². The quantitative estimate of drug-likeness (QED) is 0.518. The van der Waals surface area contributed by atoms with Gasteiger partial charge in [0, 0.05) is 63.4 Å². The van der Waals surface area contributed by atoms with Gasteiger partial charge in [-0.2, -0.15) is 0 Å². The van der Waals surface area contributed by atoms with Crippen molar-refractivity contribution in [3.63, 3.8) is 0 Å². The number of benzene rings is 1. The highest BCUT2D eigenvalue weighted by molar-refractivity contribution is 5.94. The average molecular weight is 431 g/mol. The smallest absolute Gasteiger partial charge is 0.330 e. The van der Waals surface area contributed by atoms with Gasteiger partial charge < -0.3 is 15.2 Å². The monoisotopic (exact) mass is 430 g/mol. The number of anilines is 1. The van der Waals surface area contributed by atoms with Crippen LogP contribution in [0.1, 0.15) is 21.5 Å². The van der Waals surface area contributed by atoms with Crippen LogP contribution in [-0.2, 0) is 6.54 Å². The van der Waals surface area contributed by atoms with E-state index in [0.29, 0.717) is 5.56 Å². The van der Waals surface area contributed by atoms with Crippen LogP contribution in [0.15, 0.2) is 53.6 Å². The number of fused-ring (bicyclic) bond motifs is 3. The summed E-state index contributed by atoms with van der Waals surface area (Å²) in [6.07, 6.45) is 3.74. The number of carbonyl (C=O) groups excluding carboxylic acids is 1. The summed E-state index contributed by atoms with van der Waals surface area (Å²) >= 11 is 0. The highest BCUT2D eigenvalue weighted by atomic mass is 16.1. The summed E-state index contributed by atoms with van der Waals surface area (Å²) in [5.41, 5.74) is 6.20. The molecule has 4 heterocycles. The molecule has 1 amide bonds. The number of rotatable bonds is 4. The number of nitrogens with zero attached hydrogens (tertiary/aromatic N) is 4. The fourth-order valence-electron chi connectivity index (χ4n) is 4.41. The zero-order valence-electron chi connectivity index (χ0n) is 18.3. The molecule has 0 unspecified atom stereocenters. The van der Waals surface area contributed by atoms with Gasteiger partial charge in [0.15, 0.2) is 0 Å². The first-order valence-electron chi connectivity index (χ1n) is 10.8. The molecule has 164 valence electrons. The maximum absolute atomic E-state index is 12.4. The lowest BCUT2D eigenvalue weighted by molar-refractivity contribution is 0.0963. The van der Waals surface area contributed by atoms with Gasteiger partial charge in [0.2, 0.25) is 0 Å². The lowest BCUT2D eigenvalue weighted by atomic mass is 10.1. The molecule has 1 saturated heterocycles. The third kappa shape index (κ3) is 3.73. The third-order valence-corrected chi connectivity index (χ3v) is 6.10. The molecule has 2 N–H and O–H groups in total. The van der Waals surface area contributed by atoms with E-state index in [0.717, 1.165) is 66.1 Å². The van der Waals surface area contributed by atoms with Gasteiger partial charge in [0.05, 0.1) is 11.0 Å². The molecule has 0 spiro atoms. The van der Waals surface area contributed by atoms with Crippen LogP contribution >= 0.6 is 0 Å². The molecular weight excluding hydrogens is 404 g/mol. The summed E-state index contributed by atoms with van der Waals surface area (Å²) in [5, 5.41) is 2.65. The van der Waals surface area contributed by atoms with Crippen molar-refractivity contribution in [3.8, 4) is 0 Å². The van der Waals surface area contributed by atoms with Crippen LogP contribution in [-0.4, -0.2) is 58.4 Å². The molecule has 1 aromatic carbocycles. The predicted octanol–water partition coefficient (Wildman–Crippen LogP) is 2.17. The second-order valence-electron chi connectivity index (χ2n) is 8.33. The van der Waals surface area contributed by atoms with Crippen molar-refractivity contribution in [1.29, 1.82) is 0 Å². The molecule has 0 saturated carbocycles. The number of aromatic amines is 1. The minimum atomic E-state index is -0.143. The molecular formula is C24H26N6O2. The maximum Gasteiger partial charge on any atom is 0.330 e. The summed E-state index contributed by atoms with van der Waals surface area (Å²) < 4.78 is 1.62. The lowest BCUT2D eigenvalue weighted by Crippen LogP contribution is -2.46. The highest BCUT2D eigenvalue weighted by Gasteiger charge is 2.18. The van der Waals surface area contributed by atoms with E-state index in [4.69, 9.17) is 0 Å². The molecule has 1 aliphatic rings. The van der Waals surface area contributed by atoms with Gasteiger partial charge >= 0.3 is 5.69 Å². The van der Waals surface area contributed by atoms with E-state index < -0.39 is 0 Å². The lowest BCUT2D eigenvalue weighted by Gasteiger charge is -2.36. The molecule has 8 nitrogen and oxygen atoms in total. The average Bonchev–Trinajstić information content (AvgIpc) is 3.21. The van der Waals surface area contributed by atoms with Crippen LogP contribution in [0.3, 0.4) is 0 Å². The van der Waals surface area contributed by atoms with E-state index in [9.17, 15) is 9.59 Å². The molecule has 4 aromatic rings. The number of aromatic nitrogens is 3. The topological polar surface area (TPSA) is 85.7 Å². The van der Waals surface area contributed by atoms with Gasteiger partial charge in [-0.25, -0.2) is 4.79 Å². The summed E-state index contributed by atoms with van der Waals surface area (Å²) in [6, 6.07) is 11.8. The maximum atomic E-state index is 12.4. The Kier molecular flexibility index (Phi) is 5.14. The van der Waals surface area contributed by atoms with Gasteiger partial charge in [0.25, 0.3) is 5.91 Å². The first-order chi connectivity index (χ1) is 15.5. The largest absolute Gasteiger partial charge is 0.369 e. The number of aryl methyl sites for hydroxylation is 1. The molecule has 0 radical (unpaired) electrons. The number of amides is 1. The molecule has 0 atom stereocenters. The van der Waals surface area contributed by atoms with E-state index in [1.54, 1.807) is 11.4 Å². The standard InChI is InChI=1S/C24H26N6O2/c1-16-11-21-22-20(27-24(32)30(21)14-16)12-17(13-26-22)15-28-7-9-29(10-8-28)19-5-3-18(4-6-19)23(31)25-2/h3-6,11-14H,7-10,15H2,1-2H3,(H,25,31)(H,27,32). The SMILES string of the molecule is CNC(=O)c1ccc(N2CCN(Cc3cnc4c(c3)[nH]c(=O)n3cc(C)cc43)CC2)cc1. The Morgan fingerprint density at radius 2 is 1.88 bits per heavy atom. The molecule has 1 aliphatic heterocycles. The zero-order chi connectivity index (χ0) is 22.2. The number of H-pyrrole nitrogens is 1. The van der Waals surface area contributed by atoms with E-state index in [1.165, 1.54) is 0 Å². The molecule has 8 heteroatoms. The van der Waals surface area contributed by atoms with Gasteiger partial charge in [-0.3, -0.25) is 19.1 Å². The van der Waals surface area contributed by atoms with Crippen LogP contribution in [0.4, 0.5) is 5.69 Å². The van der Waals surface area contributed by atoms with Crippen LogP contribution in [0.25, 0.3) is 16.6 Å². The number of carbonyl (C=O) groups is 1. The van der Waals surface area contributed by atoms with E-state index in [2.05, 4.69) is 25.1 Å². The van der Waals surface area contributed by atoms with Gasteiger partial charge in [-0.1, -0.05) is 0 Å². The number of hydrogen-bond acceptors (Lipinski definition) is 5. The minimum absolute atomic E-state index is 0.0699. The molecule has 1 fully saturated rings. The molecule has 32 heavy (non-hydrogen) atoms. The predicted molar refractivity (Wildman–Crippen MR) is 125 cm³/mol. The van der Waals surface area contributed by atoms with Crippen molar-refractivity contribution in [3.05, 3.63) is 76.0 Å². The van der Waals surface area contributed by atoms with Gasteiger partial charge in [0.1, 0.15) is 5.52 Å². The Balaban J connectivity index is 1.27. The van der Waals surface area contributed by atoms with E-state index >= 15 is 0 Å². The number of nitrogens with one attached hydrogen (secondary N) is 2. The summed E-state index contributed by atoms with van der Waals surface area (Å²) in [6.45, 7) is 6.47. The van der Waals surface area contributed by atoms with Crippen molar-refractivity contribution < 1.29 is 4.79 Å². The number of hydrogen-bond donors (Lipinski definition) is 2. The number of piperazine rings is 1. The normalized spacial score (nSPS) is 14.9. The van der Waals surface area contributed by atoms with Gasteiger partial charge in [-0.15, -0.1) is 0 Å². The molecule has 3 aromatic heterocycles. The van der Waals surface area contributed by atoms with E-state index in [-0.39, 0.29) is 11.6 Å². The second-order valence-corrected chi connectivity index (χ2v) is 8.33. The van der Waals surface area contributed by atoms with E-state index in [1.807, 2.05) is 55.7 Å². The number of pyridine rings is 1. The third-order valence-electron chi connectivity index (χ3n) is 6.10. The first-order valence-corrected chi connectivity index (χ1v) is 10.8. The molecule has 0 bridgehead atoms. The van der Waals surface area contributed by atoms with Crippen molar-refractivity contribution >= 4 is 28.1 Å². The Morgan fingerprint density at radius 3 is 2.59 bits per heavy atom. The Hall–Kier alpha value is -3.65. The van der Waals surface area contributed by atoms with Crippen molar-refractivity contribution in [2.24, 2.45) is 0 Å². The summed E-state index contributed by atoms with van der Waals surface area (Å²) in [4.78, 5) is 36.5. The van der Waals surface area contributed by atoms with Crippen molar-refractivity contribution in [2.75, 3.05) is 38.1 Å². The van der Waals surface area contributed by atoms with Crippen LogP contribution in [0.5, 0.6) is 0 Å². The summed E-state index contributed by atoms with van der Waals surface area (Å²) in [5.74, 6) is -0.0699. The van der Waals surface area contributed by atoms with Crippen molar-refractivity contribution in [1.82, 2.24) is 24.6 Å². The second kappa shape index (κ2) is 8.12. The summed E-state index contributed by atoms with van der Waals surface area (Å²) in [7, 11) is 1.64. The highest BCUT2D eigenvalue weighted by Crippen LogP contribution is 2.20. The fraction of sp³-hybridized carbons (Fsp3) is 0.292.